The van der Waals surface area contributed by atoms with E-state index < -0.39 is 0 Å². The Kier molecular flexibility index (Phi) is 2.11. The first-order valence-electron chi connectivity index (χ1n) is 4.24. The van der Waals surface area contributed by atoms with Crippen molar-refractivity contribution >= 4 is 11.8 Å². The number of hydrogen-bond acceptors (Lipinski definition) is 3. The first-order valence-corrected chi connectivity index (χ1v) is 4.24. The van der Waals surface area contributed by atoms with E-state index in [9.17, 15) is 4.79 Å². The molecule has 0 spiro atoms. The van der Waals surface area contributed by atoms with Crippen molar-refractivity contribution in [2.45, 2.75) is 12.8 Å². The van der Waals surface area contributed by atoms with Crippen molar-refractivity contribution in [2.24, 2.45) is 4.99 Å². The number of nitrogens with zero attached hydrogens (tertiary/aromatic N) is 1. The summed E-state index contributed by atoms with van der Waals surface area (Å²) in [6, 6.07) is 5.53. The molecule has 0 saturated heterocycles. The van der Waals surface area contributed by atoms with Crippen LogP contribution in [0.1, 0.15) is 12.0 Å². The minimum absolute atomic E-state index is 0.607. The second-order valence-corrected chi connectivity index (χ2v) is 2.95. The molecule has 0 atom stereocenters. The summed E-state index contributed by atoms with van der Waals surface area (Å²) in [5.41, 5.74) is 1.80. The van der Waals surface area contributed by atoms with Crippen LogP contribution in [-0.4, -0.2) is 12.7 Å². The van der Waals surface area contributed by atoms with Gasteiger partial charge in [-0.3, -0.25) is 0 Å². The third-order valence-corrected chi connectivity index (χ3v) is 2.07. The van der Waals surface area contributed by atoms with Gasteiger partial charge in [-0.15, -0.1) is 0 Å². The fraction of sp³-hybridized carbons (Fsp3) is 0.300. The topological polar surface area (TPSA) is 38.7 Å². The van der Waals surface area contributed by atoms with Crippen LogP contribution in [0.2, 0.25) is 0 Å². The van der Waals surface area contributed by atoms with Crippen LogP contribution in [0.25, 0.3) is 0 Å². The molecule has 2 rings (SSSR count). The maximum Gasteiger partial charge on any atom is 0.240 e. The number of carbonyl (C=O) groups excluding carboxylic acids is 1. The van der Waals surface area contributed by atoms with Gasteiger partial charge in [-0.2, -0.15) is 4.99 Å². The highest BCUT2D eigenvalue weighted by Gasteiger charge is 2.09. The van der Waals surface area contributed by atoms with Crippen LogP contribution >= 0.6 is 0 Å². The Labute approximate surface area is 76.1 Å². The summed E-state index contributed by atoms with van der Waals surface area (Å²) >= 11 is 0. The van der Waals surface area contributed by atoms with E-state index in [0.29, 0.717) is 5.69 Å². The van der Waals surface area contributed by atoms with E-state index in [1.165, 1.54) is 11.6 Å². The summed E-state index contributed by atoms with van der Waals surface area (Å²) < 4.78 is 5.42. The highest BCUT2D eigenvalue weighted by atomic mass is 16.5. The Morgan fingerprint density at radius 1 is 1.46 bits per heavy atom. The Balaban J connectivity index is 2.40. The number of hydrogen-bond donors (Lipinski definition) is 0. The van der Waals surface area contributed by atoms with Gasteiger partial charge in [-0.05, 0) is 24.5 Å². The van der Waals surface area contributed by atoms with Gasteiger partial charge in [0, 0.05) is 6.07 Å². The quantitative estimate of drug-likeness (QED) is 0.483. The van der Waals surface area contributed by atoms with E-state index in [1.807, 2.05) is 6.07 Å². The number of fused-ring (bicyclic) bond motifs is 1. The highest BCUT2D eigenvalue weighted by Crippen LogP contribution is 2.28. The van der Waals surface area contributed by atoms with E-state index in [0.717, 1.165) is 25.2 Å². The SMILES string of the molecule is O=C=Nc1ccc2c(c1)OCCC2. The lowest BCUT2D eigenvalue weighted by Gasteiger charge is -2.16. The average molecular weight is 175 g/mol. The molecule has 3 heteroatoms. The second kappa shape index (κ2) is 3.42. The number of ether oxygens (including phenoxy) is 1. The number of isocyanates is 1. The van der Waals surface area contributed by atoms with Gasteiger partial charge >= 0.3 is 0 Å². The zero-order valence-corrected chi connectivity index (χ0v) is 7.12. The van der Waals surface area contributed by atoms with E-state index in [-0.39, 0.29) is 0 Å². The number of aliphatic imine (C=N–C) groups is 1. The number of aryl methyl sites for hydroxylation is 1. The monoisotopic (exact) mass is 175 g/mol. The molecule has 0 aromatic heterocycles. The summed E-state index contributed by atoms with van der Waals surface area (Å²) in [6.45, 7) is 0.751. The van der Waals surface area contributed by atoms with Crippen LogP contribution in [0, 0.1) is 0 Å². The van der Waals surface area contributed by atoms with Gasteiger partial charge in [0.25, 0.3) is 0 Å². The fourth-order valence-electron chi connectivity index (χ4n) is 1.45. The van der Waals surface area contributed by atoms with Crippen LogP contribution in [-0.2, 0) is 11.2 Å². The summed E-state index contributed by atoms with van der Waals surface area (Å²) in [7, 11) is 0. The molecule has 1 aliphatic heterocycles. The maximum atomic E-state index is 10.0. The standard InChI is InChI=1S/C10H9NO2/c12-7-11-9-4-3-8-2-1-5-13-10(8)6-9/h3-4,6H,1-2,5H2. The lowest BCUT2D eigenvalue weighted by atomic mass is 10.1. The number of benzene rings is 1. The van der Waals surface area contributed by atoms with E-state index in [1.54, 1.807) is 12.1 Å². The predicted octanol–water partition coefficient (Wildman–Crippen LogP) is 1.98. The van der Waals surface area contributed by atoms with Crippen LogP contribution in [0.15, 0.2) is 23.2 Å². The van der Waals surface area contributed by atoms with Crippen molar-refractivity contribution in [3.05, 3.63) is 23.8 Å². The number of rotatable bonds is 1. The minimum atomic E-state index is 0.607. The summed E-state index contributed by atoms with van der Waals surface area (Å²) in [6.07, 6.45) is 3.61. The third kappa shape index (κ3) is 1.60. The molecule has 0 bridgehead atoms. The Hall–Kier alpha value is -1.60. The van der Waals surface area contributed by atoms with Crippen LogP contribution in [0.3, 0.4) is 0 Å². The molecular weight excluding hydrogens is 166 g/mol. The molecule has 1 aromatic carbocycles. The molecule has 0 radical (unpaired) electrons. The Morgan fingerprint density at radius 2 is 2.38 bits per heavy atom. The van der Waals surface area contributed by atoms with E-state index in [4.69, 9.17) is 4.74 Å². The van der Waals surface area contributed by atoms with Crippen molar-refractivity contribution in [3.8, 4) is 5.75 Å². The van der Waals surface area contributed by atoms with Crippen molar-refractivity contribution < 1.29 is 9.53 Å². The molecule has 0 unspecified atom stereocenters. The first-order chi connectivity index (χ1) is 6.40. The van der Waals surface area contributed by atoms with Crippen molar-refractivity contribution in [1.82, 2.24) is 0 Å². The van der Waals surface area contributed by atoms with Gasteiger partial charge in [-0.25, -0.2) is 4.79 Å². The summed E-state index contributed by atoms with van der Waals surface area (Å²) in [5.74, 6) is 0.850. The van der Waals surface area contributed by atoms with Crippen molar-refractivity contribution in [3.63, 3.8) is 0 Å². The molecule has 0 N–H and O–H groups in total. The van der Waals surface area contributed by atoms with Gasteiger partial charge in [0.1, 0.15) is 5.75 Å². The molecule has 0 amide bonds. The highest BCUT2D eigenvalue weighted by molar-refractivity contribution is 5.54. The Morgan fingerprint density at radius 3 is 3.23 bits per heavy atom. The van der Waals surface area contributed by atoms with Crippen LogP contribution in [0.5, 0.6) is 5.75 Å². The largest absolute Gasteiger partial charge is 0.493 e. The van der Waals surface area contributed by atoms with E-state index >= 15 is 0 Å². The average Bonchev–Trinajstić information content (AvgIpc) is 2.18. The molecule has 66 valence electrons. The van der Waals surface area contributed by atoms with Crippen LogP contribution < -0.4 is 4.74 Å². The molecule has 0 fully saturated rings. The zero-order chi connectivity index (χ0) is 9.10. The van der Waals surface area contributed by atoms with Crippen molar-refractivity contribution in [2.75, 3.05) is 6.61 Å². The van der Waals surface area contributed by atoms with Crippen molar-refractivity contribution in [1.29, 1.82) is 0 Å². The lowest BCUT2D eigenvalue weighted by molar-refractivity contribution is 0.288. The van der Waals surface area contributed by atoms with E-state index in [2.05, 4.69) is 4.99 Å². The predicted molar refractivity (Wildman–Crippen MR) is 48.0 cm³/mol. The maximum absolute atomic E-state index is 10.0. The lowest BCUT2D eigenvalue weighted by Crippen LogP contribution is -2.07. The molecule has 13 heavy (non-hydrogen) atoms. The molecule has 1 heterocycles. The van der Waals surface area contributed by atoms with Gasteiger partial charge in [0.2, 0.25) is 6.08 Å². The zero-order valence-electron chi connectivity index (χ0n) is 7.12. The van der Waals surface area contributed by atoms with Gasteiger partial charge in [-0.1, -0.05) is 6.07 Å². The molecular formula is C10H9NO2. The summed E-state index contributed by atoms with van der Waals surface area (Å²) in [4.78, 5) is 13.5. The normalized spacial score (nSPS) is 13.8. The molecule has 1 aromatic rings. The van der Waals surface area contributed by atoms with Gasteiger partial charge in [0.05, 0.1) is 12.3 Å². The van der Waals surface area contributed by atoms with Gasteiger partial charge in [0.15, 0.2) is 0 Å². The first kappa shape index (κ1) is 8.02. The smallest absolute Gasteiger partial charge is 0.240 e. The fourth-order valence-corrected chi connectivity index (χ4v) is 1.45. The molecule has 3 nitrogen and oxygen atoms in total. The third-order valence-electron chi connectivity index (χ3n) is 2.07. The molecule has 0 aliphatic carbocycles. The molecule has 0 saturated carbocycles. The second-order valence-electron chi connectivity index (χ2n) is 2.95. The van der Waals surface area contributed by atoms with Crippen LogP contribution in [0.4, 0.5) is 5.69 Å². The van der Waals surface area contributed by atoms with Gasteiger partial charge < -0.3 is 4.74 Å². The molecule has 1 aliphatic rings. The Bertz CT molecular complexity index is 367. The summed E-state index contributed by atoms with van der Waals surface area (Å²) in [5, 5.41) is 0. The minimum Gasteiger partial charge on any atom is -0.493 e.